The van der Waals surface area contributed by atoms with E-state index in [9.17, 15) is 9.59 Å². The van der Waals surface area contributed by atoms with Crippen LogP contribution in [0.4, 0.5) is 5.95 Å². The van der Waals surface area contributed by atoms with Gasteiger partial charge in [0.25, 0.3) is 0 Å². The molecule has 7 heteroatoms. The van der Waals surface area contributed by atoms with Crippen molar-refractivity contribution in [1.82, 2.24) is 9.97 Å². The number of anilines is 1. The zero-order valence-corrected chi connectivity index (χ0v) is 14.3. The third-order valence-electron chi connectivity index (χ3n) is 4.53. The Hall–Kier alpha value is -2.41. The van der Waals surface area contributed by atoms with Gasteiger partial charge in [-0.3, -0.25) is 10.1 Å². The number of aromatic nitrogens is 2. The summed E-state index contributed by atoms with van der Waals surface area (Å²) in [4.78, 5) is 31.2. The molecule has 1 saturated heterocycles. The lowest BCUT2D eigenvalue weighted by atomic mass is 9.94. The molecule has 0 atom stereocenters. The Morgan fingerprint density at radius 1 is 1.36 bits per heavy atom. The number of hydrogen-bond acceptors (Lipinski definition) is 5. The third kappa shape index (κ3) is 4.36. The van der Waals surface area contributed by atoms with E-state index < -0.39 is 5.97 Å². The van der Waals surface area contributed by atoms with Crippen molar-refractivity contribution >= 4 is 28.9 Å². The number of fused-ring (bicyclic) bond motifs is 1. The average Bonchev–Trinajstić information content (AvgIpc) is 3.04. The smallest absolute Gasteiger partial charge is 0.340 e. The molecule has 3 rings (SSSR count). The summed E-state index contributed by atoms with van der Waals surface area (Å²) < 4.78 is 10.1. The van der Waals surface area contributed by atoms with E-state index in [2.05, 4.69) is 15.3 Å². The fourth-order valence-corrected chi connectivity index (χ4v) is 3.15. The van der Waals surface area contributed by atoms with E-state index in [1.165, 1.54) is 7.11 Å². The number of nitrogens with one attached hydrogen (secondary N) is 2. The van der Waals surface area contributed by atoms with E-state index >= 15 is 0 Å². The molecule has 7 nitrogen and oxygen atoms in total. The number of methoxy groups -OCH3 is 1. The molecule has 134 valence electrons. The molecule has 1 aliphatic heterocycles. The second-order valence-electron chi connectivity index (χ2n) is 6.27. The van der Waals surface area contributed by atoms with Crippen LogP contribution in [0.15, 0.2) is 18.2 Å². The molecule has 0 aliphatic carbocycles. The maximum absolute atomic E-state index is 12.1. The lowest BCUT2D eigenvalue weighted by molar-refractivity contribution is -0.116. The number of esters is 1. The van der Waals surface area contributed by atoms with Crippen molar-refractivity contribution in [2.24, 2.45) is 5.92 Å². The lowest BCUT2D eigenvalue weighted by Gasteiger charge is -2.21. The number of aromatic amines is 1. The van der Waals surface area contributed by atoms with Crippen LogP contribution in [-0.4, -0.2) is 42.2 Å². The minimum atomic E-state index is -0.452. The molecule has 0 bridgehead atoms. The Morgan fingerprint density at radius 3 is 2.92 bits per heavy atom. The highest BCUT2D eigenvalue weighted by Crippen LogP contribution is 2.22. The van der Waals surface area contributed by atoms with Gasteiger partial charge in [-0.25, -0.2) is 9.78 Å². The van der Waals surface area contributed by atoms with Crippen molar-refractivity contribution in [1.29, 1.82) is 0 Å². The molecule has 1 aromatic carbocycles. The summed E-state index contributed by atoms with van der Waals surface area (Å²) in [5.74, 6) is 0.481. The first-order chi connectivity index (χ1) is 12.2. The van der Waals surface area contributed by atoms with Crippen LogP contribution in [0.1, 0.15) is 42.5 Å². The summed E-state index contributed by atoms with van der Waals surface area (Å²) in [6.07, 6.45) is 4.52. The van der Waals surface area contributed by atoms with Gasteiger partial charge in [-0.1, -0.05) is 6.07 Å². The summed E-state index contributed by atoms with van der Waals surface area (Å²) in [5.41, 5.74) is 1.54. The molecule has 2 heterocycles. The molecule has 1 aliphatic rings. The van der Waals surface area contributed by atoms with Crippen LogP contribution in [0.5, 0.6) is 0 Å². The Kier molecular flexibility index (Phi) is 5.65. The standard InChI is InChI=1S/C18H23N3O4/c1-24-17(23)13-5-3-6-14-16(13)21-18(19-14)20-15(22)7-2-4-12-8-10-25-11-9-12/h3,5-6,12H,2,4,7-11H2,1H3,(H2,19,20,21,22). The average molecular weight is 345 g/mol. The summed E-state index contributed by atoms with van der Waals surface area (Å²) in [6, 6.07) is 5.19. The van der Waals surface area contributed by atoms with Crippen molar-refractivity contribution in [2.45, 2.75) is 32.1 Å². The maximum atomic E-state index is 12.1. The van der Waals surface area contributed by atoms with E-state index in [1.54, 1.807) is 18.2 Å². The number of rotatable bonds is 6. The molecule has 2 aromatic rings. The molecule has 1 aromatic heterocycles. The zero-order chi connectivity index (χ0) is 17.6. The van der Waals surface area contributed by atoms with Crippen molar-refractivity contribution in [3.63, 3.8) is 0 Å². The van der Waals surface area contributed by atoms with Gasteiger partial charge in [0.15, 0.2) is 0 Å². The predicted octanol–water partition coefficient (Wildman–Crippen LogP) is 2.88. The highest BCUT2D eigenvalue weighted by molar-refractivity contribution is 6.03. The lowest BCUT2D eigenvalue weighted by Crippen LogP contribution is -2.17. The molecule has 2 N–H and O–H groups in total. The molecule has 0 saturated carbocycles. The summed E-state index contributed by atoms with van der Waals surface area (Å²) >= 11 is 0. The van der Waals surface area contributed by atoms with Gasteiger partial charge in [0, 0.05) is 19.6 Å². The predicted molar refractivity (Wildman–Crippen MR) is 93.5 cm³/mol. The van der Waals surface area contributed by atoms with Gasteiger partial charge in [-0.15, -0.1) is 0 Å². The number of H-pyrrole nitrogens is 1. The quantitative estimate of drug-likeness (QED) is 0.785. The number of para-hydroxylation sites is 1. The summed E-state index contributed by atoms with van der Waals surface area (Å²) in [6.45, 7) is 1.66. The largest absolute Gasteiger partial charge is 0.465 e. The summed E-state index contributed by atoms with van der Waals surface area (Å²) in [5, 5.41) is 2.77. The normalized spacial score (nSPS) is 15.2. The Balaban J connectivity index is 1.56. The molecular weight excluding hydrogens is 322 g/mol. The van der Waals surface area contributed by atoms with Crippen LogP contribution < -0.4 is 5.32 Å². The first-order valence-corrected chi connectivity index (χ1v) is 8.62. The van der Waals surface area contributed by atoms with Crippen LogP contribution in [0, 0.1) is 5.92 Å². The van der Waals surface area contributed by atoms with Gasteiger partial charge in [0.2, 0.25) is 11.9 Å². The highest BCUT2D eigenvalue weighted by Gasteiger charge is 2.16. The first kappa shape index (κ1) is 17.4. The van der Waals surface area contributed by atoms with Crippen molar-refractivity contribution in [3.8, 4) is 0 Å². The topological polar surface area (TPSA) is 93.3 Å². The number of amides is 1. The first-order valence-electron chi connectivity index (χ1n) is 8.62. The van der Waals surface area contributed by atoms with Crippen LogP contribution in [0.2, 0.25) is 0 Å². The van der Waals surface area contributed by atoms with Gasteiger partial charge in [0.1, 0.15) is 5.52 Å². The zero-order valence-electron chi connectivity index (χ0n) is 14.3. The van der Waals surface area contributed by atoms with E-state index in [4.69, 9.17) is 9.47 Å². The monoisotopic (exact) mass is 345 g/mol. The van der Waals surface area contributed by atoms with Crippen LogP contribution >= 0.6 is 0 Å². The van der Waals surface area contributed by atoms with Gasteiger partial charge < -0.3 is 14.5 Å². The number of carbonyl (C=O) groups is 2. The fourth-order valence-electron chi connectivity index (χ4n) is 3.15. The fraction of sp³-hybridized carbons (Fsp3) is 0.500. The van der Waals surface area contributed by atoms with Crippen LogP contribution in [0.25, 0.3) is 11.0 Å². The molecular formula is C18H23N3O4. The Labute approximate surface area is 146 Å². The highest BCUT2D eigenvalue weighted by atomic mass is 16.5. The van der Waals surface area contributed by atoms with Gasteiger partial charge in [0.05, 0.1) is 18.2 Å². The molecule has 0 radical (unpaired) electrons. The van der Waals surface area contributed by atoms with E-state index in [1.807, 2.05) is 0 Å². The Morgan fingerprint density at radius 2 is 2.16 bits per heavy atom. The maximum Gasteiger partial charge on any atom is 0.340 e. The third-order valence-corrected chi connectivity index (χ3v) is 4.53. The molecule has 0 spiro atoms. The van der Waals surface area contributed by atoms with E-state index in [-0.39, 0.29) is 5.91 Å². The molecule has 1 fully saturated rings. The van der Waals surface area contributed by atoms with E-state index in [0.717, 1.165) is 38.9 Å². The van der Waals surface area contributed by atoms with Gasteiger partial charge >= 0.3 is 5.97 Å². The number of carbonyl (C=O) groups excluding carboxylic acids is 2. The second kappa shape index (κ2) is 8.11. The molecule has 1 amide bonds. The van der Waals surface area contributed by atoms with Crippen LogP contribution in [0.3, 0.4) is 0 Å². The number of nitrogens with zero attached hydrogens (tertiary/aromatic N) is 1. The second-order valence-corrected chi connectivity index (χ2v) is 6.27. The van der Waals surface area contributed by atoms with E-state index in [0.29, 0.717) is 34.9 Å². The van der Waals surface area contributed by atoms with Crippen molar-refractivity contribution in [3.05, 3.63) is 23.8 Å². The summed E-state index contributed by atoms with van der Waals surface area (Å²) in [7, 11) is 1.33. The van der Waals surface area contributed by atoms with Crippen molar-refractivity contribution < 1.29 is 19.1 Å². The Bertz CT molecular complexity index is 750. The minimum absolute atomic E-state index is 0.0780. The van der Waals surface area contributed by atoms with Crippen LogP contribution in [-0.2, 0) is 14.3 Å². The molecule has 25 heavy (non-hydrogen) atoms. The number of benzene rings is 1. The minimum Gasteiger partial charge on any atom is -0.465 e. The van der Waals surface area contributed by atoms with Gasteiger partial charge in [-0.05, 0) is 43.7 Å². The molecule has 0 unspecified atom stereocenters. The number of imidazole rings is 1. The van der Waals surface area contributed by atoms with Gasteiger partial charge in [-0.2, -0.15) is 0 Å². The SMILES string of the molecule is COC(=O)c1cccc2[nH]c(NC(=O)CCCC3CCOCC3)nc12. The van der Waals surface area contributed by atoms with Crippen molar-refractivity contribution in [2.75, 3.05) is 25.6 Å². The number of ether oxygens (including phenoxy) is 2. The number of hydrogen-bond donors (Lipinski definition) is 2.